The average Bonchev–Trinajstić information content (AvgIpc) is 2.56. The minimum atomic E-state index is 0. The first-order valence-electron chi connectivity index (χ1n) is 8.32. The van der Waals surface area contributed by atoms with Crippen LogP contribution in [0.5, 0.6) is 0 Å². The summed E-state index contributed by atoms with van der Waals surface area (Å²) >= 11 is 0. The molecule has 2 aromatic rings. The molecule has 0 unspecified atom stereocenters. The van der Waals surface area contributed by atoms with Gasteiger partial charge in [0.25, 0.3) is 0 Å². The van der Waals surface area contributed by atoms with Crippen LogP contribution in [0.2, 0.25) is 0 Å². The molecule has 2 nitrogen and oxygen atoms in total. The summed E-state index contributed by atoms with van der Waals surface area (Å²) in [6.45, 7) is 6.86. The lowest BCUT2D eigenvalue weighted by atomic mass is 9.93. The minimum absolute atomic E-state index is 0. The summed E-state index contributed by atoms with van der Waals surface area (Å²) in [4.78, 5) is 2.67. The second kappa shape index (κ2) is 10.1. The Morgan fingerprint density at radius 3 is 2.43 bits per heavy atom. The molecule has 23 heavy (non-hydrogen) atoms. The van der Waals surface area contributed by atoms with Gasteiger partial charge >= 0.3 is 0 Å². The molecule has 2 aromatic carbocycles. The summed E-state index contributed by atoms with van der Waals surface area (Å²) < 4.78 is 0. The molecule has 4 heteroatoms. The molecule has 1 aliphatic rings. The van der Waals surface area contributed by atoms with Crippen molar-refractivity contribution in [1.82, 2.24) is 10.2 Å². The van der Waals surface area contributed by atoms with Crippen LogP contribution in [-0.2, 0) is 0 Å². The van der Waals surface area contributed by atoms with Crippen LogP contribution in [0.4, 0.5) is 0 Å². The van der Waals surface area contributed by atoms with Crippen molar-refractivity contribution in [3.05, 3.63) is 48.0 Å². The van der Waals surface area contributed by atoms with Gasteiger partial charge in [-0.2, -0.15) is 0 Å². The maximum atomic E-state index is 3.47. The lowest BCUT2D eigenvalue weighted by Gasteiger charge is -2.36. The van der Waals surface area contributed by atoms with Gasteiger partial charge in [0.2, 0.25) is 0 Å². The fraction of sp³-hybridized carbons (Fsp3) is 0.474. The highest BCUT2D eigenvalue weighted by Crippen LogP contribution is 2.32. The van der Waals surface area contributed by atoms with Gasteiger partial charge in [0.05, 0.1) is 0 Å². The number of halogens is 2. The number of unbranched alkanes of at least 4 members (excludes halogenated alkanes) is 1. The molecule has 3 rings (SSSR count). The van der Waals surface area contributed by atoms with Crippen molar-refractivity contribution in [1.29, 1.82) is 0 Å². The van der Waals surface area contributed by atoms with E-state index in [1.165, 1.54) is 35.6 Å². The number of rotatable bonds is 5. The van der Waals surface area contributed by atoms with Gasteiger partial charge in [-0.3, -0.25) is 4.90 Å². The zero-order valence-electron chi connectivity index (χ0n) is 13.8. The molecule has 1 aliphatic heterocycles. The van der Waals surface area contributed by atoms with Crippen LogP contribution in [0, 0.1) is 0 Å². The second-order valence-corrected chi connectivity index (χ2v) is 6.01. The minimum Gasteiger partial charge on any atom is -0.314 e. The van der Waals surface area contributed by atoms with Crippen LogP contribution in [0.3, 0.4) is 0 Å². The largest absolute Gasteiger partial charge is 0.314 e. The lowest BCUT2D eigenvalue weighted by molar-refractivity contribution is 0.164. The van der Waals surface area contributed by atoms with Crippen LogP contribution in [0.25, 0.3) is 10.8 Å². The summed E-state index contributed by atoms with van der Waals surface area (Å²) in [7, 11) is 0. The van der Waals surface area contributed by atoms with Crippen LogP contribution < -0.4 is 5.32 Å². The molecule has 0 saturated carbocycles. The highest BCUT2D eigenvalue weighted by atomic mass is 35.5. The number of nitrogens with one attached hydrogen (secondary N) is 1. The molecule has 1 heterocycles. The Labute approximate surface area is 152 Å². The summed E-state index contributed by atoms with van der Waals surface area (Å²) in [6, 6.07) is 16.2. The van der Waals surface area contributed by atoms with Gasteiger partial charge in [-0.15, -0.1) is 24.8 Å². The summed E-state index contributed by atoms with van der Waals surface area (Å²) in [5.74, 6) is 0. The molecule has 1 N–H and O–H groups in total. The molecule has 0 bridgehead atoms. The van der Waals surface area contributed by atoms with E-state index in [4.69, 9.17) is 0 Å². The number of hydrogen-bond donors (Lipinski definition) is 1. The van der Waals surface area contributed by atoms with E-state index in [-0.39, 0.29) is 24.8 Å². The zero-order valence-corrected chi connectivity index (χ0v) is 15.5. The van der Waals surface area contributed by atoms with Gasteiger partial charge in [-0.25, -0.2) is 0 Å². The Morgan fingerprint density at radius 1 is 1.00 bits per heavy atom. The van der Waals surface area contributed by atoms with Crippen molar-refractivity contribution in [3.63, 3.8) is 0 Å². The van der Waals surface area contributed by atoms with Crippen LogP contribution >= 0.6 is 24.8 Å². The fourth-order valence-electron chi connectivity index (χ4n) is 3.47. The molecular formula is C19H28Cl2N2. The molecule has 1 saturated heterocycles. The monoisotopic (exact) mass is 354 g/mol. The number of fused-ring (bicyclic) bond motifs is 1. The van der Waals surface area contributed by atoms with E-state index in [9.17, 15) is 0 Å². The normalized spacial score (nSPS) is 16.4. The Morgan fingerprint density at radius 2 is 1.70 bits per heavy atom. The Kier molecular flexibility index (Phi) is 8.93. The maximum Gasteiger partial charge on any atom is 0.0355 e. The third-order valence-corrected chi connectivity index (χ3v) is 4.61. The zero-order chi connectivity index (χ0) is 14.5. The van der Waals surface area contributed by atoms with Crippen molar-refractivity contribution in [2.75, 3.05) is 26.2 Å². The summed E-state index contributed by atoms with van der Waals surface area (Å²) in [6.07, 6.45) is 3.84. The number of hydrogen-bond acceptors (Lipinski definition) is 2. The molecule has 1 fully saturated rings. The predicted molar refractivity (Wildman–Crippen MR) is 105 cm³/mol. The molecule has 0 aromatic heterocycles. The maximum absolute atomic E-state index is 3.47. The second-order valence-electron chi connectivity index (χ2n) is 6.01. The third kappa shape index (κ3) is 4.84. The summed E-state index contributed by atoms with van der Waals surface area (Å²) in [5.41, 5.74) is 1.52. The Bertz CT molecular complexity index is 577. The van der Waals surface area contributed by atoms with E-state index in [0.717, 1.165) is 26.2 Å². The van der Waals surface area contributed by atoms with E-state index in [2.05, 4.69) is 59.6 Å². The highest BCUT2D eigenvalue weighted by molar-refractivity contribution is 5.86. The van der Waals surface area contributed by atoms with Crippen molar-refractivity contribution in [2.24, 2.45) is 0 Å². The first-order chi connectivity index (χ1) is 10.4. The summed E-state index contributed by atoms with van der Waals surface area (Å²) in [5, 5.41) is 6.27. The fourth-order valence-corrected chi connectivity index (χ4v) is 3.47. The molecule has 0 aliphatic carbocycles. The van der Waals surface area contributed by atoms with Gasteiger partial charge < -0.3 is 5.32 Å². The first kappa shape index (κ1) is 20.2. The lowest BCUT2D eigenvalue weighted by Crippen LogP contribution is -2.45. The van der Waals surface area contributed by atoms with Crippen LogP contribution in [0.1, 0.15) is 37.8 Å². The van der Waals surface area contributed by atoms with Crippen molar-refractivity contribution >= 4 is 35.6 Å². The molecule has 0 radical (unpaired) electrons. The van der Waals surface area contributed by atoms with Gasteiger partial charge in [-0.1, -0.05) is 62.2 Å². The molecule has 0 amide bonds. The van der Waals surface area contributed by atoms with Crippen molar-refractivity contribution in [2.45, 2.75) is 32.2 Å². The van der Waals surface area contributed by atoms with E-state index in [0.29, 0.717) is 6.04 Å². The number of benzene rings is 2. The molecular weight excluding hydrogens is 327 g/mol. The smallest absolute Gasteiger partial charge is 0.0355 e. The average molecular weight is 355 g/mol. The van der Waals surface area contributed by atoms with Crippen LogP contribution in [-0.4, -0.2) is 31.1 Å². The van der Waals surface area contributed by atoms with Crippen LogP contribution in [0.15, 0.2) is 42.5 Å². The first-order valence-corrected chi connectivity index (χ1v) is 8.32. The topological polar surface area (TPSA) is 15.3 Å². The third-order valence-electron chi connectivity index (χ3n) is 4.61. The number of nitrogens with zero attached hydrogens (tertiary/aromatic N) is 1. The van der Waals surface area contributed by atoms with Crippen molar-refractivity contribution < 1.29 is 0 Å². The van der Waals surface area contributed by atoms with E-state index in [1.807, 2.05) is 0 Å². The van der Waals surface area contributed by atoms with Gasteiger partial charge in [0, 0.05) is 32.2 Å². The van der Waals surface area contributed by atoms with Gasteiger partial charge in [0.15, 0.2) is 0 Å². The predicted octanol–water partition coefficient (Wildman–Crippen LogP) is 4.82. The quantitative estimate of drug-likeness (QED) is 0.827. The number of piperazine rings is 1. The highest BCUT2D eigenvalue weighted by Gasteiger charge is 2.22. The Balaban J connectivity index is 0.00000132. The molecule has 1 atom stereocenters. The van der Waals surface area contributed by atoms with Gasteiger partial charge in [0.1, 0.15) is 0 Å². The Hall–Kier alpha value is -0.800. The standard InChI is InChI=1S/C19H26N2.2ClH/c1-2-3-11-19(21-14-12-20-13-15-21)18-10-6-8-16-7-4-5-9-17(16)18;;/h4-10,19-20H,2-3,11-15H2,1H3;2*1H/t19-;;/m0../s1. The van der Waals surface area contributed by atoms with E-state index < -0.39 is 0 Å². The van der Waals surface area contributed by atoms with E-state index in [1.54, 1.807) is 0 Å². The van der Waals surface area contributed by atoms with E-state index >= 15 is 0 Å². The van der Waals surface area contributed by atoms with Gasteiger partial charge in [-0.05, 0) is 22.8 Å². The van der Waals surface area contributed by atoms with Crippen molar-refractivity contribution in [3.8, 4) is 0 Å². The molecule has 0 spiro atoms. The SMILES string of the molecule is CCCC[C@@H](c1cccc2ccccc12)N1CCNCC1.Cl.Cl. The molecule has 128 valence electrons.